The van der Waals surface area contributed by atoms with Crippen LogP contribution in [0.25, 0.3) is 5.65 Å². The minimum absolute atomic E-state index is 0.0616. The average molecular weight is 290 g/mol. The minimum atomic E-state index is -0.0616. The molecule has 0 unspecified atom stereocenters. The first-order valence-electron chi connectivity index (χ1n) is 7.57. The van der Waals surface area contributed by atoms with Crippen LogP contribution in [0.1, 0.15) is 36.6 Å². The van der Waals surface area contributed by atoms with Gasteiger partial charge in [-0.05, 0) is 32.2 Å². The molecular weight excluding hydrogens is 268 g/mol. The van der Waals surface area contributed by atoms with Crippen LogP contribution in [0.15, 0.2) is 16.9 Å². The number of nitrogens with two attached hydrogens (primary N) is 1. The zero-order valence-electron chi connectivity index (χ0n) is 12.4. The number of fused-ring (bicyclic) bond motifs is 1. The van der Waals surface area contributed by atoms with Crippen LogP contribution in [0, 0.1) is 0 Å². The van der Waals surface area contributed by atoms with Crippen molar-refractivity contribution in [1.29, 1.82) is 0 Å². The van der Waals surface area contributed by atoms with Crippen molar-refractivity contribution in [1.82, 2.24) is 14.2 Å². The molecule has 1 saturated heterocycles. The molecule has 0 amide bonds. The average Bonchev–Trinajstić information content (AvgIpc) is 2.96. The molecule has 0 bridgehead atoms. The molecule has 1 aliphatic rings. The van der Waals surface area contributed by atoms with E-state index >= 15 is 0 Å². The van der Waals surface area contributed by atoms with Gasteiger partial charge in [0.15, 0.2) is 0 Å². The Balaban J connectivity index is 2.01. The molecule has 0 spiro atoms. The Morgan fingerprint density at radius 1 is 1.38 bits per heavy atom. The summed E-state index contributed by atoms with van der Waals surface area (Å²) in [6.45, 7) is 2.18. The summed E-state index contributed by atoms with van der Waals surface area (Å²) in [5, 5.41) is 4.52. The summed E-state index contributed by atoms with van der Waals surface area (Å²) in [7, 11) is 1.98. The van der Waals surface area contributed by atoms with E-state index in [0.717, 1.165) is 55.9 Å². The molecule has 2 aromatic heterocycles. The Hall–Kier alpha value is -1.66. The first-order chi connectivity index (χ1) is 10.2. The summed E-state index contributed by atoms with van der Waals surface area (Å²) >= 11 is 0. The second-order valence-corrected chi connectivity index (χ2v) is 5.65. The van der Waals surface area contributed by atoms with Crippen LogP contribution >= 0.6 is 0 Å². The van der Waals surface area contributed by atoms with Crippen LogP contribution in [0.3, 0.4) is 0 Å². The maximum atomic E-state index is 12.2. The number of nitrogens with zero attached hydrogens (tertiary/aromatic N) is 3. The predicted octanol–water partition coefficient (Wildman–Crippen LogP) is 0.818. The number of rotatable bonds is 4. The zero-order valence-corrected chi connectivity index (χ0v) is 12.4. The highest BCUT2D eigenvalue weighted by atomic mass is 16.5. The molecule has 3 rings (SSSR count). The van der Waals surface area contributed by atoms with Crippen LogP contribution in [0.2, 0.25) is 0 Å². The standard InChI is InChI=1S/C15H22N4O2/c1-18-12(3-2-6-16)9-15(20)19-14(18)10-13(17-19)11-4-7-21-8-5-11/h9-11H,2-8,16H2,1H3. The molecule has 0 saturated carbocycles. The highest BCUT2D eigenvalue weighted by Crippen LogP contribution is 2.26. The molecule has 0 aliphatic carbocycles. The fraction of sp³-hybridized carbons (Fsp3) is 0.600. The third kappa shape index (κ3) is 2.73. The first kappa shape index (κ1) is 14.3. The third-order valence-corrected chi connectivity index (χ3v) is 4.26. The highest BCUT2D eigenvalue weighted by Gasteiger charge is 2.20. The third-order valence-electron chi connectivity index (χ3n) is 4.26. The topological polar surface area (TPSA) is 74.5 Å². The van der Waals surface area contributed by atoms with E-state index in [-0.39, 0.29) is 5.56 Å². The number of hydrogen-bond donors (Lipinski definition) is 1. The molecule has 6 nitrogen and oxygen atoms in total. The second-order valence-electron chi connectivity index (χ2n) is 5.65. The van der Waals surface area contributed by atoms with Crippen molar-refractivity contribution in [2.75, 3.05) is 19.8 Å². The van der Waals surface area contributed by atoms with E-state index in [1.54, 1.807) is 6.07 Å². The Morgan fingerprint density at radius 2 is 2.14 bits per heavy atom. The summed E-state index contributed by atoms with van der Waals surface area (Å²) < 4.78 is 8.95. The number of aryl methyl sites for hydroxylation is 2. The lowest BCUT2D eigenvalue weighted by Gasteiger charge is -2.19. The monoisotopic (exact) mass is 290 g/mol. The maximum absolute atomic E-state index is 12.2. The molecule has 2 N–H and O–H groups in total. The fourth-order valence-corrected chi connectivity index (χ4v) is 2.95. The Bertz CT molecular complexity index is 683. The molecule has 3 heterocycles. The van der Waals surface area contributed by atoms with Crippen molar-refractivity contribution in [3.63, 3.8) is 0 Å². The number of hydrogen-bond acceptors (Lipinski definition) is 4. The van der Waals surface area contributed by atoms with E-state index in [1.165, 1.54) is 4.52 Å². The summed E-state index contributed by atoms with van der Waals surface area (Å²) in [6.07, 6.45) is 3.64. The van der Waals surface area contributed by atoms with Gasteiger partial charge in [-0.15, -0.1) is 0 Å². The van der Waals surface area contributed by atoms with Gasteiger partial charge in [0.05, 0.1) is 5.69 Å². The van der Waals surface area contributed by atoms with E-state index < -0.39 is 0 Å². The van der Waals surface area contributed by atoms with Crippen LogP contribution in [0.4, 0.5) is 0 Å². The van der Waals surface area contributed by atoms with Gasteiger partial charge in [-0.3, -0.25) is 4.79 Å². The fourth-order valence-electron chi connectivity index (χ4n) is 2.95. The van der Waals surface area contributed by atoms with Crippen molar-refractivity contribution >= 4 is 5.65 Å². The SMILES string of the molecule is Cn1c(CCCN)cc(=O)n2nc(C3CCOCC3)cc12. The van der Waals surface area contributed by atoms with Crippen molar-refractivity contribution in [2.24, 2.45) is 12.8 Å². The van der Waals surface area contributed by atoms with Crippen molar-refractivity contribution in [3.8, 4) is 0 Å². The quantitative estimate of drug-likeness (QED) is 0.904. The molecule has 0 aromatic carbocycles. The molecule has 0 radical (unpaired) electrons. The number of ether oxygens (including phenoxy) is 1. The van der Waals surface area contributed by atoms with Gasteiger partial charge in [0, 0.05) is 44.0 Å². The Labute approximate surface area is 123 Å². The van der Waals surface area contributed by atoms with Gasteiger partial charge < -0.3 is 15.0 Å². The maximum Gasteiger partial charge on any atom is 0.274 e. The molecular formula is C15H22N4O2. The summed E-state index contributed by atoms with van der Waals surface area (Å²) in [5.41, 5.74) is 8.37. The Kier molecular flexibility index (Phi) is 4.07. The predicted molar refractivity (Wildman–Crippen MR) is 80.6 cm³/mol. The van der Waals surface area contributed by atoms with E-state index in [2.05, 4.69) is 5.10 Å². The van der Waals surface area contributed by atoms with E-state index in [0.29, 0.717) is 12.5 Å². The van der Waals surface area contributed by atoms with Crippen molar-refractivity contribution in [2.45, 2.75) is 31.6 Å². The van der Waals surface area contributed by atoms with Gasteiger partial charge in [0.2, 0.25) is 0 Å². The van der Waals surface area contributed by atoms with Crippen LogP contribution in [-0.4, -0.2) is 33.9 Å². The van der Waals surface area contributed by atoms with Crippen LogP contribution < -0.4 is 11.3 Å². The zero-order chi connectivity index (χ0) is 14.8. The lowest BCUT2D eigenvalue weighted by atomic mass is 9.97. The van der Waals surface area contributed by atoms with Gasteiger partial charge in [0.1, 0.15) is 5.65 Å². The van der Waals surface area contributed by atoms with E-state index in [1.807, 2.05) is 17.7 Å². The van der Waals surface area contributed by atoms with Gasteiger partial charge in [-0.2, -0.15) is 9.61 Å². The minimum Gasteiger partial charge on any atom is -0.381 e. The molecule has 21 heavy (non-hydrogen) atoms. The largest absolute Gasteiger partial charge is 0.381 e. The van der Waals surface area contributed by atoms with Gasteiger partial charge in [-0.25, -0.2) is 0 Å². The van der Waals surface area contributed by atoms with E-state index in [9.17, 15) is 4.79 Å². The van der Waals surface area contributed by atoms with Gasteiger partial charge in [0.25, 0.3) is 5.56 Å². The smallest absolute Gasteiger partial charge is 0.274 e. The lowest BCUT2D eigenvalue weighted by molar-refractivity contribution is 0.0844. The van der Waals surface area contributed by atoms with Crippen molar-refractivity contribution in [3.05, 3.63) is 33.9 Å². The van der Waals surface area contributed by atoms with E-state index in [4.69, 9.17) is 10.5 Å². The van der Waals surface area contributed by atoms with Crippen LogP contribution in [-0.2, 0) is 18.2 Å². The normalized spacial score (nSPS) is 16.7. The molecule has 6 heteroatoms. The second kappa shape index (κ2) is 5.99. The molecule has 114 valence electrons. The van der Waals surface area contributed by atoms with Crippen LogP contribution in [0.5, 0.6) is 0 Å². The lowest BCUT2D eigenvalue weighted by Crippen LogP contribution is -2.20. The van der Waals surface area contributed by atoms with Gasteiger partial charge >= 0.3 is 0 Å². The summed E-state index contributed by atoms with van der Waals surface area (Å²) in [4.78, 5) is 12.2. The Morgan fingerprint density at radius 3 is 2.86 bits per heavy atom. The highest BCUT2D eigenvalue weighted by molar-refractivity contribution is 5.42. The summed E-state index contributed by atoms with van der Waals surface area (Å²) in [6, 6.07) is 3.72. The number of aromatic nitrogens is 3. The first-order valence-corrected chi connectivity index (χ1v) is 7.57. The van der Waals surface area contributed by atoms with Crippen molar-refractivity contribution < 1.29 is 4.74 Å². The summed E-state index contributed by atoms with van der Waals surface area (Å²) in [5.74, 6) is 0.394. The molecule has 2 aromatic rings. The molecule has 1 aliphatic heterocycles. The molecule has 1 fully saturated rings. The molecule has 0 atom stereocenters. The van der Waals surface area contributed by atoms with Gasteiger partial charge in [-0.1, -0.05) is 0 Å².